The number of rotatable bonds is 9. The zero-order valence-corrected chi connectivity index (χ0v) is 14.3. The molecule has 0 bridgehead atoms. The Morgan fingerprint density at radius 1 is 1.39 bits per heavy atom. The summed E-state index contributed by atoms with van der Waals surface area (Å²) in [6.07, 6.45) is 2.66. The van der Waals surface area contributed by atoms with Crippen molar-refractivity contribution >= 4 is 16.9 Å². The Balaban J connectivity index is 1.86. The normalized spacial score (nSPS) is 12.3. The van der Waals surface area contributed by atoms with E-state index in [1.165, 1.54) is 0 Å². The van der Waals surface area contributed by atoms with Crippen LogP contribution in [-0.2, 0) is 6.54 Å². The quantitative estimate of drug-likeness (QED) is 0.423. The maximum Gasteiger partial charge on any atom is 0.121 e. The number of hydrogen-bond donors (Lipinski definition) is 2. The summed E-state index contributed by atoms with van der Waals surface area (Å²) in [4.78, 5) is 14.3. The zero-order valence-electron chi connectivity index (χ0n) is 14.3. The molecule has 0 aliphatic heterocycles. The van der Waals surface area contributed by atoms with Gasteiger partial charge in [-0.1, -0.05) is 6.92 Å². The third-order valence-corrected chi connectivity index (χ3v) is 3.35. The summed E-state index contributed by atoms with van der Waals surface area (Å²) in [7, 11) is 4.05. The van der Waals surface area contributed by atoms with Crippen LogP contribution in [0.5, 0.6) is 5.75 Å². The number of fused-ring (bicyclic) bond motifs is 1. The summed E-state index contributed by atoms with van der Waals surface area (Å²) < 4.78 is 5.78. The van der Waals surface area contributed by atoms with Crippen molar-refractivity contribution < 1.29 is 4.74 Å². The summed E-state index contributed by atoms with van der Waals surface area (Å²) in [5.41, 5.74) is 7.80. The Hall–Kier alpha value is -2.08. The number of nitrogens with two attached hydrogens (primary N) is 1. The van der Waals surface area contributed by atoms with E-state index in [4.69, 9.17) is 10.5 Å². The van der Waals surface area contributed by atoms with Crippen LogP contribution in [0.2, 0.25) is 0 Å². The van der Waals surface area contributed by atoms with Crippen molar-refractivity contribution in [2.24, 2.45) is 10.7 Å². The lowest BCUT2D eigenvalue weighted by atomic mass is 10.3. The van der Waals surface area contributed by atoms with Gasteiger partial charge < -0.3 is 20.4 Å². The number of aromatic nitrogens is 2. The minimum absolute atomic E-state index is 0.628. The fourth-order valence-corrected chi connectivity index (χ4v) is 2.28. The fourth-order valence-electron chi connectivity index (χ4n) is 2.28. The number of benzene rings is 1. The standard InChI is InChI=1S/C17H27N5O/c1-4-9-19-16(18)6-5-10-23-13-7-8-14-15(11-13)21-17(20-14)12-22(2)3/h7-8,11H,4-6,9-10,12H2,1-3H3,(H2,18,19)(H,20,21). The van der Waals surface area contributed by atoms with Crippen molar-refractivity contribution in [2.75, 3.05) is 27.2 Å². The van der Waals surface area contributed by atoms with E-state index in [2.05, 4.69) is 26.8 Å². The number of nitrogens with one attached hydrogen (secondary N) is 1. The molecule has 0 aliphatic rings. The van der Waals surface area contributed by atoms with Gasteiger partial charge in [0.1, 0.15) is 11.6 Å². The molecular formula is C17H27N5O. The maximum absolute atomic E-state index is 5.83. The van der Waals surface area contributed by atoms with Crippen LogP contribution < -0.4 is 10.5 Å². The Morgan fingerprint density at radius 3 is 2.96 bits per heavy atom. The van der Waals surface area contributed by atoms with Crippen LogP contribution in [0.1, 0.15) is 32.0 Å². The van der Waals surface area contributed by atoms with Crippen molar-refractivity contribution in [2.45, 2.75) is 32.7 Å². The highest BCUT2D eigenvalue weighted by atomic mass is 16.5. The molecular weight excluding hydrogens is 290 g/mol. The first-order chi connectivity index (χ1) is 11.1. The molecule has 0 aliphatic carbocycles. The predicted octanol–water partition coefficient (Wildman–Crippen LogP) is 2.55. The van der Waals surface area contributed by atoms with Crippen LogP contribution in [0.15, 0.2) is 23.2 Å². The fraction of sp³-hybridized carbons (Fsp3) is 0.529. The molecule has 1 aromatic carbocycles. The van der Waals surface area contributed by atoms with Gasteiger partial charge in [0.25, 0.3) is 0 Å². The lowest BCUT2D eigenvalue weighted by Gasteiger charge is -2.06. The van der Waals surface area contributed by atoms with Crippen LogP contribution in [0.25, 0.3) is 11.0 Å². The number of ether oxygens (including phenoxy) is 1. The Morgan fingerprint density at radius 2 is 2.22 bits per heavy atom. The molecule has 0 atom stereocenters. The number of H-pyrrole nitrogens is 1. The average Bonchev–Trinajstić information content (AvgIpc) is 2.90. The van der Waals surface area contributed by atoms with Gasteiger partial charge >= 0.3 is 0 Å². The Labute approximate surface area is 137 Å². The number of imidazole rings is 1. The lowest BCUT2D eigenvalue weighted by Crippen LogP contribution is -2.13. The molecule has 1 aromatic heterocycles. The van der Waals surface area contributed by atoms with E-state index < -0.39 is 0 Å². The molecule has 0 saturated heterocycles. The van der Waals surface area contributed by atoms with Gasteiger partial charge in [0.2, 0.25) is 0 Å². The summed E-state index contributed by atoms with van der Waals surface area (Å²) in [6, 6.07) is 5.95. The molecule has 0 amide bonds. The smallest absolute Gasteiger partial charge is 0.121 e. The second-order valence-corrected chi connectivity index (χ2v) is 5.93. The van der Waals surface area contributed by atoms with E-state index in [0.717, 1.165) is 55.0 Å². The van der Waals surface area contributed by atoms with Gasteiger partial charge in [0, 0.05) is 19.0 Å². The van der Waals surface area contributed by atoms with Crippen LogP contribution in [0, 0.1) is 0 Å². The number of hydrogen-bond acceptors (Lipinski definition) is 4. The van der Waals surface area contributed by atoms with Crippen molar-refractivity contribution in [1.29, 1.82) is 0 Å². The highest BCUT2D eigenvalue weighted by Crippen LogP contribution is 2.19. The van der Waals surface area contributed by atoms with Gasteiger partial charge in [-0.2, -0.15) is 0 Å². The van der Waals surface area contributed by atoms with Gasteiger partial charge in [-0.25, -0.2) is 4.98 Å². The topological polar surface area (TPSA) is 79.5 Å². The van der Waals surface area contributed by atoms with Gasteiger partial charge in [-0.15, -0.1) is 0 Å². The first kappa shape index (κ1) is 17.3. The molecule has 6 heteroatoms. The minimum atomic E-state index is 0.628. The van der Waals surface area contributed by atoms with E-state index in [1.807, 2.05) is 32.3 Å². The first-order valence-corrected chi connectivity index (χ1v) is 8.13. The van der Waals surface area contributed by atoms with Crippen molar-refractivity contribution in [1.82, 2.24) is 14.9 Å². The molecule has 6 nitrogen and oxygen atoms in total. The maximum atomic E-state index is 5.83. The van der Waals surface area contributed by atoms with E-state index in [-0.39, 0.29) is 0 Å². The summed E-state index contributed by atoms with van der Waals surface area (Å²) >= 11 is 0. The molecule has 0 unspecified atom stereocenters. The largest absolute Gasteiger partial charge is 0.494 e. The van der Waals surface area contributed by atoms with Gasteiger partial charge in [0.05, 0.1) is 30.0 Å². The van der Waals surface area contributed by atoms with E-state index in [1.54, 1.807) is 0 Å². The number of aromatic amines is 1. The Bertz CT molecular complexity index is 647. The molecule has 3 N–H and O–H groups in total. The third kappa shape index (κ3) is 5.56. The van der Waals surface area contributed by atoms with E-state index in [9.17, 15) is 0 Å². The Kier molecular flexibility index (Phi) is 6.40. The number of amidine groups is 1. The lowest BCUT2D eigenvalue weighted by molar-refractivity contribution is 0.314. The molecule has 2 rings (SSSR count). The summed E-state index contributed by atoms with van der Waals surface area (Å²) in [5.74, 6) is 2.51. The van der Waals surface area contributed by atoms with E-state index >= 15 is 0 Å². The monoisotopic (exact) mass is 317 g/mol. The number of nitrogens with zero attached hydrogens (tertiary/aromatic N) is 3. The molecule has 0 fully saturated rings. The van der Waals surface area contributed by atoms with E-state index in [0.29, 0.717) is 12.4 Å². The van der Waals surface area contributed by atoms with Crippen molar-refractivity contribution in [3.8, 4) is 5.75 Å². The highest BCUT2D eigenvalue weighted by molar-refractivity contribution is 5.80. The second-order valence-electron chi connectivity index (χ2n) is 5.93. The zero-order chi connectivity index (χ0) is 16.7. The third-order valence-electron chi connectivity index (χ3n) is 3.35. The second kappa shape index (κ2) is 8.53. The van der Waals surface area contributed by atoms with Gasteiger partial charge in [0.15, 0.2) is 0 Å². The molecule has 0 saturated carbocycles. The SMILES string of the molecule is CCCN=C(N)CCCOc1ccc2[nH]c(CN(C)C)nc2c1. The molecule has 23 heavy (non-hydrogen) atoms. The highest BCUT2D eigenvalue weighted by Gasteiger charge is 2.05. The van der Waals surface area contributed by atoms with Crippen molar-refractivity contribution in [3.63, 3.8) is 0 Å². The van der Waals surface area contributed by atoms with Crippen LogP contribution in [0.4, 0.5) is 0 Å². The molecule has 0 radical (unpaired) electrons. The van der Waals surface area contributed by atoms with Crippen molar-refractivity contribution in [3.05, 3.63) is 24.0 Å². The molecule has 2 aromatic rings. The molecule has 0 spiro atoms. The predicted molar refractivity (Wildman–Crippen MR) is 95.0 cm³/mol. The molecule has 1 heterocycles. The average molecular weight is 317 g/mol. The van der Waals surface area contributed by atoms with Gasteiger partial charge in [-0.05, 0) is 39.1 Å². The van der Waals surface area contributed by atoms with Crippen LogP contribution >= 0.6 is 0 Å². The van der Waals surface area contributed by atoms with Crippen LogP contribution in [0.3, 0.4) is 0 Å². The van der Waals surface area contributed by atoms with Crippen LogP contribution in [-0.4, -0.2) is 48.0 Å². The minimum Gasteiger partial charge on any atom is -0.494 e. The summed E-state index contributed by atoms with van der Waals surface area (Å²) in [5, 5.41) is 0. The number of aliphatic imine (C=N–C) groups is 1. The first-order valence-electron chi connectivity index (χ1n) is 8.13. The van der Waals surface area contributed by atoms with Gasteiger partial charge in [-0.3, -0.25) is 4.99 Å². The summed E-state index contributed by atoms with van der Waals surface area (Å²) in [6.45, 7) is 4.32. The molecule has 126 valence electrons.